The number of aromatic nitrogens is 2. The fourth-order valence-corrected chi connectivity index (χ4v) is 4.27. The van der Waals surface area contributed by atoms with E-state index in [2.05, 4.69) is 35.0 Å². The third-order valence-electron chi connectivity index (χ3n) is 4.09. The van der Waals surface area contributed by atoms with E-state index in [4.69, 9.17) is 0 Å². The topological polar surface area (TPSA) is 38.1 Å². The highest BCUT2D eigenvalue weighted by molar-refractivity contribution is 7.82. The van der Waals surface area contributed by atoms with E-state index in [1.165, 1.54) is 11.3 Å². The van der Waals surface area contributed by atoms with Crippen LogP contribution in [-0.4, -0.2) is 27.3 Å². The van der Waals surface area contributed by atoms with Crippen LogP contribution in [0.4, 0.5) is 5.69 Å². The van der Waals surface area contributed by atoms with Gasteiger partial charge in [-0.1, -0.05) is 43.7 Å². The lowest BCUT2D eigenvalue weighted by molar-refractivity contribution is 0.677. The van der Waals surface area contributed by atoms with Gasteiger partial charge in [0, 0.05) is 19.8 Å². The van der Waals surface area contributed by atoms with Crippen molar-refractivity contribution in [1.29, 1.82) is 0 Å². The molecule has 0 saturated carbocycles. The molecule has 0 bridgehead atoms. The van der Waals surface area contributed by atoms with Crippen molar-refractivity contribution < 1.29 is 4.21 Å². The Bertz CT molecular complexity index is 870. The van der Waals surface area contributed by atoms with Crippen molar-refractivity contribution in [2.45, 2.75) is 25.5 Å². The number of anilines is 1. The molecule has 0 amide bonds. The van der Waals surface area contributed by atoms with Crippen LogP contribution in [0.3, 0.4) is 0 Å². The number of nitrogens with zero attached hydrogens (tertiary/aromatic N) is 3. The summed E-state index contributed by atoms with van der Waals surface area (Å²) in [5, 5.41) is 0. The molecule has 3 aromatic rings. The van der Waals surface area contributed by atoms with E-state index < -0.39 is 11.0 Å². The van der Waals surface area contributed by atoms with E-state index in [1.807, 2.05) is 38.4 Å². The summed E-state index contributed by atoms with van der Waals surface area (Å²) in [6.45, 7) is 2.18. The zero-order chi connectivity index (χ0) is 17.1. The third kappa shape index (κ3) is 3.22. The number of aryl methyl sites for hydroxylation is 1. The standard InChI is InChI=1S/C19H23N3OS/c1-4-8-15-9-7-10-16(19(15)21(2)3)13-24(23)22-14-20-17-11-5-6-12-18(17)22/h5-7,9-12,14H,4,8,13H2,1-3H3. The Morgan fingerprint density at radius 1 is 1.08 bits per heavy atom. The maximum absolute atomic E-state index is 12.9. The van der Waals surface area contributed by atoms with E-state index in [0.717, 1.165) is 29.4 Å². The van der Waals surface area contributed by atoms with Gasteiger partial charge in [0.1, 0.15) is 17.3 Å². The van der Waals surface area contributed by atoms with Crippen molar-refractivity contribution in [3.63, 3.8) is 0 Å². The molecular weight excluding hydrogens is 318 g/mol. The Morgan fingerprint density at radius 2 is 1.83 bits per heavy atom. The van der Waals surface area contributed by atoms with E-state index in [0.29, 0.717) is 5.75 Å². The number of imidazole rings is 1. The van der Waals surface area contributed by atoms with Gasteiger partial charge in [0.15, 0.2) is 0 Å². The summed E-state index contributed by atoms with van der Waals surface area (Å²) in [5.41, 5.74) is 5.40. The van der Waals surface area contributed by atoms with Crippen molar-refractivity contribution in [1.82, 2.24) is 8.96 Å². The second-order valence-corrected chi connectivity index (χ2v) is 7.42. The molecule has 5 heteroatoms. The second-order valence-electron chi connectivity index (χ2n) is 6.09. The molecule has 2 aromatic carbocycles. The molecule has 0 aliphatic rings. The SMILES string of the molecule is CCCc1cccc(CS(=O)n2cnc3ccccc32)c1N(C)C. The van der Waals surface area contributed by atoms with Crippen molar-refractivity contribution >= 4 is 27.7 Å². The normalized spacial score (nSPS) is 12.5. The quantitative estimate of drug-likeness (QED) is 0.685. The first-order valence-electron chi connectivity index (χ1n) is 8.21. The summed E-state index contributed by atoms with van der Waals surface area (Å²) in [5.74, 6) is 0.478. The fraction of sp³-hybridized carbons (Fsp3) is 0.316. The van der Waals surface area contributed by atoms with Crippen LogP contribution in [0.15, 0.2) is 48.8 Å². The molecule has 0 aliphatic carbocycles. The highest BCUT2D eigenvalue weighted by Crippen LogP contribution is 2.27. The molecule has 24 heavy (non-hydrogen) atoms. The summed E-state index contributed by atoms with van der Waals surface area (Å²) >= 11 is 0. The monoisotopic (exact) mass is 341 g/mol. The zero-order valence-electron chi connectivity index (χ0n) is 14.4. The lowest BCUT2D eigenvalue weighted by Crippen LogP contribution is -2.16. The Morgan fingerprint density at radius 3 is 2.58 bits per heavy atom. The molecule has 1 unspecified atom stereocenters. The minimum absolute atomic E-state index is 0.478. The number of benzene rings is 2. The predicted molar refractivity (Wildman–Crippen MR) is 102 cm³/mol. The molecule has 1 atom stereocenters. The summed E-state index contributed by atoms with van der Waals surface area (Å²) < 4.78 is 14.7. The average Bonchev–Trinajstić information content (AvgIpc) is 2.99. The van der Waals surface area contributed by atoms with Gasteiger partial charge < -0.3 is 4.90 Å². The van der Waals surface area contributed by atoms with Gasteiger partial charge >= 0.3 is 0 Å². The first-order valence-corrected chi connectivity index (χ1v) is 9.48. The number of fused-ring (bicyclic) bond motifs is 1. The Hall–Kier alpha value is -2.14. The highest BCUT2D eigenvalue weighted by Gasteiger charge is 2.15. The first-order chi connectivity index (χ1) is 11.6. The molecule has 1 heterocycles. The number of rotatable bonds is 6. The minimum atomic E-state index is -1.19. The lowest BCUT2D eigenvalue weighted by Gasteiger charge is -2.21. The van der Waals surface area contributed by atoms with Crippen LogP contribution in [0, 0.1) is 0 Å². The van der Waals surface area contributed by atoms with E-state index in [1.54, 1.807) is 10.3 Å². The van der Waals surface area contributed by atoms with Crippen molar-refractivity contribution in [2.24, 2.45) is 0 Å². The van der Waals surface area contributed by atoms with Crippen LogP contribution in [0.5, 0.6) is 0 Å². The van der Waals surface area contributed by atoms with E-state index >= 15 is 0 Å². The average molecular weight is 341 g/mol. The van der Waals surface area contributed by atoms with E-state index in [9.17, 15) is 4.21 Å². The molecule has 0 N–H and O–H groups in total. The predicted octanol–water partition coefficient (Wildman–Crippen LogP) is 3.77. The van der Waals surface area contributed by atoms with Crippen LogP contribution in [0.2, 0.25) is 0 Å². The van der Waals surface area contributed by atoms with Gasteiger partial charge in [-0.25, -0.2) is 13.2 Å². The van der Waals surface area contributed by atoms with Gasteiger partial charge in [0.05, 0.1) is 16.8 Å². The smallest absolute Gasteiger partial charge is 0.129 e. The van der Waals surface area contributed by atoms with Crippen molar-refractivity contribution in [2.75, 3.05) is 19.0 Å². The number of para-hydroxylation sites is 3. The fourth-order valence-electron chi connectivity index (χ4n) is 3.11. The van der Waals surface area contributed by atoms with Gasteiger partial charge in [-0.2, -0.15) is 0 Å². The van der Waals surface area contributed by atoms with Gasteiger partial charge in [-0.3, -0.25) is 0 Å². The lowest BCUT2D eigenvalue weighted by atomic mass is 10.0. The van der Waals surface area contributed by atoms with Crippen LogP contribution in [-0.2, 0) is 23.2 Å². The van der Waals surface area contributed by atoms with Crippen LogP contribution < -0.4 is 4.90 Å². The second kappa shape index (κ2) is 7.18. The number of hydrogen-bond acceptors (Lipinski definition) is 3. The maximum Gasteiger partial charge on any atom is 0.129 e. The molecule has 0 spiro atoms. The Labute approximate surface area is 145 Å². The molecule has 0 aliphatic heterocycles. The van der Waals surface area contributed by atoms with Crippen LogP contribution >= 0.6 is 0 Å². The summed E-state index contributed by atoms with van der Waals surface area (Å²) in [6.07, 6.45) is 3.80. The zero-order valence-corrected chi connectivity index (χ0v) is 15.2. The molecule has 0 radical (unpaired) electrons. The van der Waals surface area contributed by atoms with E-state index in [-0.39, 0.29) is 0 Å². The van der Waals surface area contributed by atoms with Gasteiger partial charge in [0.25, 0.3) is 0 Å². The summed E-state index contributed by atoms with van der Waals surface area (Å²) in [4.78, 5) is 6.47. The molecule has 0 saturated heterocycles. The first kappa shape index (κ1) is 16.7. The third-order valence-corrected chi connectivity index (χ3v) is 5.38. The van der Waals surface area contributed by atoms with Crippen LogP contribution in [0.1, 0.15) is 24.5 Å². The summed E-state index contributed by atoms with van der Waals surface area (Å²) in [6, 6.07) is 14.1. The molecular formula is C19H23N3OS. The van der Waals surface area contributed by atoms with Crippen molar-refractivity contribution in [3.8, 4) is 0 Å². The highest BCUT2D eigenvalue weighted by atomic mass is 32.2. The maximum atomic E-state index is 12.9. The molecule has 1 aromatic heterocycles. The molecule has 3 rings (SSSR count). The summed E-state index contributed by atoms with van der Waals surface area (Å²) in [7, 11) is 2.91. The largest absolute Gasteiger partial charge is 0.377 e. The Kier molecular flexibility index (Phi) is 5.00. The Balaban J connectivity index is 1.96. The molecule has 126 valence electrons. The molecule has 0 fully saturated rings. The number of hydrogen-bond donors (Lipinski definition) is 0. The van der Waals surface area contributed by atoms with Crippen LogP contribution in [0.25, 0.3) is 11.0 Å². The van der Waals surface area contributed by atoms with Crippen molar-refractivity contribution in [3.05, 3.63) is 59.9 Å². The van der Waals surface area contributed by atoms with Gasteiger partial charge in [-0.05, 0) is 29.7 Å². The van der Waals surface area contributed by atoms with Gasteiger partial charge in [-0.15, -0.1) is 0 Å². The van der Waals surface area contributed by atoms with Gasteiger partial charge in [0.2, 0.25) is 0 Å². The minimum Gasteiger partial charge on any atom is -0.377 e. The molecule has 4 nitrogen and oxygen atoms in total.